The van der Waals surface area contributed by atoms with Gasteiger partial charge in [0.05, 0.1) is 0 Å². The quantitative estimate of drug-likeness (QED) is 0.291. The van der Waals surface area contributed by atoms with Gasteiger partial charge in [-0.1, -0.05) is 0 Å². The molecule has 3 rings (SSSR count). The summed E-state index contributed by atoms with van der Waals surface area (Å²) in [4.78, 5) is 2.01. The van der Waals surface area contributed by atoms with E-state index in [-0.39, 0.29) is 17.5 Å². The average Bonchev–Trinajstić information content (AvgIpc) is 2.69. The third kappa shape index (κ3) is 3.83. The molecule has 0 saturated carbocycles. The van der Waals surface area contributed by atoms with Crippen molar-refractivity contribution in [1.82, 2.24) is 0 Å². The molecule has 0 heterocycles. The lowest BCUT2D eigenvalue weighted by molar-refractivity contribution is 1.27. The van der Waals surface area contributed by atoms with Crippen molar-refractivity contribution >= 4 is 34.6 Å². The highest BCUT2D eigenvalue weighted by molar-refractivity contribution is 5.97. The van der Waals surface area contributed by atoms with Crippen molar-refractivity contribution in [2.45, 2.75) is 0 Å². The van der Waals surface area contributed by atoms with Crippen LogP contribution in [0.2, 0.25) is 0 Å². The van der Waals surface area contributed by atoms with E-state index in [9.17, 15) is 0 Å². The Balaban J connectivity index is 2.08. The van der Waals surface area contributed by atoms with E-state index >= 15 is 0 Å². The molecule has 9 N–H and O–H groups in total. The smallest absolute Gasteiger partial charge is 0.122 e. The molecule has 0 aliphatic heterocycles. The van der Waals surface area contributed by atoms with Gasteiger partial charge >= 0.3 is 0 Å². The Bertz CT molecular complexity index is 883. The summed E-state index contributed by atoms with van der Waals surface area (Å²) in [7, 11) is 0. The van der Waals surface area contributed by atoms with E-state index in [1.807, 2.05) is 41.3 Å². The maximum atomic E-state index is 7.57. The number of nitrogens with one attached hydrogen (secondary N) is 3. The fourth-order valence-electron chi connectivity index (χ4n) is 2.82. The highest BCUT2D eigenvalue weighted by atomic mass is 15.1. The Labute approximate surface area is 162 Å². The summed E-state index contributed by atoms with van der Waals surface area (Å²) in [5.41, 5.74) is 21.2. The minimum absolute atomic E-state index is 0.00900. The Hall–Kier alpha value is -4.13. The molecule has 28 heavy (non-hydrogen) atoms. The van der Waals surface area contributed by atoms with Crippen LogP contribution in [-0.4, -0.2) is 17.5 Å². The topological polar surface area (TPSA) is 153 Å². The minimum Gasteiger partial charge on any atom is -0.384 e. The molecule has 0 atom stereocenters. The predicted molar refractivity (Wildman–Crippen MR) is 114 cm³/mol. The monoisotopic (exact) mass is 371 g/mol. The van der Waals surface area contributed by atoms with Crippen LogP contribution in [0, 0.1) is 16.2 Å². The number of rotatable bonds is 6. The average molecular weight is 371 g/mol. The molecule has 0 unspecified atom stereocenters. The van der Waals surface area contributed by atoms with Crippen molar-refractivity contribution in [2.75, 3.05) is 4.90 Å². The van der Waals surface area contributed by atoms with Gasteiger partial charge in [0.25, 0.3) is 0 Å². The zero-order chi connectivity index (χ0) is 20.3. The lowest BCUT2D eigenvalue weighted by Gasteiger charge is -2.26. The molecule has 3 aromatic carbocycles. The predicted octanol–water partition coefficient (Wildman–Crippen LogP) is 3.01. The Morgan fingerprint density at radius 1 is 0.464 bits per heavy atom. The van der Waals surface area contributed by atoms with Crippen LogP contribution >= 0.6 is 0 Å². The van der Waals surface area contributed by atoms with Crippen molar-refractivity contribution in [3.63, 3.8) is 0 Å². The molecule has 0 amide bonds. The number of hydrogen-bond donors (Lipinski definition) is 6. The first-order valence-corrected chi connectivity index (χ1v) is 8.50. The van der Waals surface area contributed by atoms with Crippen LogP contribution in [0.1, 0.15) is 16.7 Å². The molecule has 140 valence electrons. The molecule has 7 heteroatoms. The maximum absolute atomic E-state index is 7.57. The van der Waals surface area contributed by atoms with Gasteiger partial charge in [-0.3, -0.25) is 16.2 Å². The molecule has 7 nitrogen and oxygen atoms in total. The molecule has 0 aromatic heterocycles. The van der Waals surface area contributed by atoms with Crippen LogP contribution in [0.15, 0.2) is 72.8 Å². The van der Waals surface area contributed by atoms with E-state index < -0.39 is 0 Å². The number of nitrogens with zero attached hydrogens (tertiary/aromatic N) is 1. The van der Waals surface area contributed by atoms with Gasteiger partial charge in [-0.25, -0.2) is 0 Å². The second-order valence-corrected chi connectivity index (χ2v) is 6.22. The molecule has 0 saturated heterocycles. The van der Waals surface area contributed by atoms with Gasteiger partial charge in [-0.2, -0.15) is 0 Å². The zero-order valence-electron chi connectivity index (χ0n) is 15.1. The van der Waals surface area contributed by atoms with Gasteiger partial charge in [0.15, 0.2) is 0 Å². The largest absolute Gasteiger partial charge is 0.384 e. The molecule has 3 aromatic rings. The summed E-state index contributed by atoms with van der Waals surface area (Å²) in [5.74, 6) is 0.0270. The summed E-state index contributed by atoms with van der Waals surface area (Å²) >= 11 is 0. The fraction of sp³-hybridized carbons (Fsp3) is 0. The lowest BCUT2D eigenvalue weighted by Crippen LogP contribution is -2.15. The SMILES string of the molecule is N=C(N)c1ccc(N(c2ccc(C(=N)N)cc2)c2ccc(C(=N)N)cc2)cc1. The standard InChI is InChI=1S/C21H21N7/c22-19(23)13-1-7-16(8-2-13)28(17-9-3-14(4-10-17)20(24)25)18-11-5-15(6-12-18)21(26)27/h1-12H,(H3,22,23)(H3,24,25)(H3,26,27). The maximum Gasteiger partial charge on any atom is 0.122 e. The van der Waals surface area contributed by atoms with Crippen LogP contribution in [0.4, 0.5) is 17.1 Å². The van der Waals surface area contributed by atoms with Gasteiger partial charge < -0.3 is 22.1 Å². The van der Waals surface area contributed by atoms with E-state index in [1.165, 1.54) is 0 Å². The van der Waals surface area contributed by atoms with Gasteiger partial charge in [0.2, 0.25) is 0 Å². The molecule has 0 bridgehead atoms. The molecular weight excluding hydrogens is 350 g/mol. The van der Waals surface area contributed by atoms with Crippen LogP contribution in [0.3, 0.4) is 0 Å². The van der Waals surface area contributed by atoms with Crippen molar-refractivity contribution in [3.8, 4) is 0 Å². The summed E-state index contributed by atoms with van der Waals surface area (Å²) in [6.45, 7) is 0. The summed E-state index contributed by atoms with van der Waals surface area (Å²) in [6, 6.07) is 22.0. The Morgan fingerprint density at radius 3 is 0.857 bits per heavy atom. The van der Waals surface area contributed by atoms with Crippen LogP contribution in [-0.2, 0) is 0 Å². The molecule has 0 radical (unpaired) electrons. The second-order valence-electron chi connectivity index (χ2n) is 6.22. The first-order valence-electron chi connectivity index (χ1n) is 8.50. The van der Waals surface area contributed by atoms with Crippen LogP contribution in [0.5, 0.6) is 0 Å². The van der Waals surface area contributed by atoms with E-state index in [2.05, 4.69) is 0 Å². The highest BCUT2D eigenvalue weighted by Gasteiger charge is 2.13. The van der Waals surface area contributed by atoms with Gasteiger partial charge in [0.1, 0.15) is 17.5 Å². The van der Waals surface area contributed by atoms with Crippen molar-refractivity contribution in [1.29, 1.82) is 16.2 Å². The van der Waals surface area contributed by atoms with Crippen LogP contribution in [0.25, 0.3) is 0 Å². The number of nitrogen functional groups attached to an aromatic ring is 3. The molecular formula is C21H21N7. The van der Waals surface area contributed by atoms with E-state index in [1.54, 1.807) is 36.4 Å². The number of benzene rings is 3. The van der Waals surface area contributed by atoms with E-state index in [0.717, 1.165) is 17.1 Å². The third-order valence-corrected chi connectivity index (χ3v) is 4.31. The summed E-state index contributed by atoms with van der Waals surface area (Å²) in [5, 5.41) is 22.7. The van der Waals surface area contributed by atoms with Gasteiger partial charge in [-0.15, -0.1) is 0 Å². The van der Waals surface area contributed by atoms with Crippen molar-refractivity contribution in [2.24, 2.45) is 17.2 Å². The zero-order valence-corrected chi connectivity index (χ0v) is 15.1. The Morgan fingerprint density at radius 2 is 0.679 bits per heavy atom. The normalized spacial score (nSPS) is 10.3. The fourth-order valence-corrected chi connectivity index (χ4v) is 2.82. The molecule has 0 spiro atoms. The third-order valence-electron chi connectivity index (χ3n) is 4.31. The van der Waals surface area contributed by atoms with Gasteiger partial charge in [0, 0.05) is 33.8 Å². The Kier molecular flexibility index (Phi) is 5.08. The summed E-state index contributed by atoms with van der Waals surface area (Å²) < 4.78 is 0. The van der Waals surface area contributed by atoms with Crippen molar-refractivity contribution < 1.29 is 0 Å². The first-order chi connectivity index (χ1) is 13.4. The number of anilines is 3. The lowest BCUT2D eigenvalue weighted by atomic mass is 10.1. The van der Waals surface area contributed by atoms with E-state index in [4.69, 9.17) is 33.4 Å². The first kappa shape index (κ1) is 18.7. The van der Waals surface area contributed by atoms with Gasteiger partial charge in [-0.05, 0) is 72.8 Å². The molecule has 0 aliphatic carbocycles. The second kappa shape index (κ2) is 7.63. The number of amidine groups is 3. The molecule has 0 aliphatic rings. The highest BCUT2D eigenvalue weighted by Crippen LogP contribution is 2.34. The number of hydrogen-bond acceptors (Lipinski definition) is 4. The minimum atomic E-state index is 0.00900. The summed E-state index contributed by atoms with van der Waals surface area (Å²) in [6.07, 6.45) is 0. The van der Waals surface area contributed by atoms with Crippen LogP contribution < -0.4 is 22.1 Å². The number of nitrogens with two attached hydrogens (primary N) is 3. The van der Waals surface area contributed by atoms with Crippen molar-refractivity contribution in [3.05, 3.63) is 89.5 Å². The van der Waals surface area contributed by atoms with E-state index in [0.29, 0.717) is 16.7 Å². The molecule has 0 fully saturated rings.